The van der Waals surface area contributed by atoms with Crippen LogP contribution in [0, 0.1) is 6.92 Å². The second kappa shape index (κ2) is 5.97. The highest BCUT2D eigenvalue weighted by atomic mass is 35.5. The van der Waals surface area contributed by atoms with Gasteiger partial charge in [-0.1, -0.05) is 23.7 Å². The molecule has 0 fully saturated rings. The van der Waals surface area contributed by atoms with E-state index in [1.165, 1.54) is 16.8 Å². The number of carboxylic acid groups (broad SMARTS) is 1. The molecule has 2 N–H and O–H groups in total. The Labute approximate surface area is 126 Å². The van der Waals surface area contributed by atoms with E-state index in [2.05, 4.69) is 10.4 Å². The number of nitrogens with one attached hydrogen (secondary N) is 1. The van der Waals surface area contributed by atoms with Crippen molar-refractivity contribution in [2.24, 2.45) is 7.05 Å². The zero-order chi connectivity index (χ0) is 15.6. The van der Waals surface area contributed by atoms with E-state index >= 15 is 0 Å². The van der Waals surface area contributed by atoms with Crippen molar-refractivity contribution in [3.05, 3.63) is 51.8 Å². The minimum absolute atomic E-state index is 0.204. The second-order valence-corrected chi connectivity index (χ2v) is 4.93. The Balaban J connectivity index is 2.05. The van der Waals surface area contributed by atoms with E-state index in [9.17, 15) is 9.59 Å². The highest BCUT2D eigenvalue weighted by molar-refractivity contribution is 6.34. The number of carboxylic acids is 1. The highest BCUT2D eigenvalue weighted by Crippen LogP contribution is 2.19. The van der Waals surface area contributed by atoms with Crippen molar-refractivity contribution in [3.8, 4) is 0 Å². The first kappa shape index (κ1) is 15.1. The number of nitrogens with zero attached hydrogens (tertiary/aromatic N) is 2. The van der Waals surface area contributed by atoms with Gasteiger partial charge in [0.2, 0.25) is 0 Å². The first-order valence-electron chi connectivity index (χ1n) is 6.19. The minimum atomic E-state index is -0.984. The fourth-order valence-electron chi connectivity index (χ4n) is 1.91. The third-order valence-corrected chi connectivity index (χ3v) is 3.47. The van der Waals surface area contributed by atoms with Gasteiger partial charge in [-0.25, -0.2) is 4.79 Å². The summed E-state index contributed by atoms with van der Waals surface area (Å²) in [6, 6.07) is 6.29. The molecule has 1 heterocycles. The quantitative estimate of drug-likeness (QED) is 0.905. The Morgan fingerprint density at radius 3 is 2.43 bits per heavy atom. The van der Waals surface area contributed by atoms with Crippen LogP contribution in [0.25, 0.3) is 0 Å². The van der Waals surface area contributed by atoms with Crippen LogP contribution in [0.2, 0.25) is 5.02 Å². The zero-order valence-electron chi connectivity index (χ0n) is 11.6. The molecule has 7 heteroatoms. The molecular formula is C14H14ClN3O3. The molecule has 0 saturated heterocycles. The van der Waals surface area contributed by atoms with Crippen molar-refractivity contribution >= 4 is 23.5 Å². The Kier molecular flexibility index (Phi) is 4.28. The van der Waals surface area contributed by atoms with Crippen LogP contribution in [-0.2, 0) is 13.6 Å². The van der Waals surface area contributed by atoms with Crippen LogP contribution in [0.3, 0.4) is 0 Å². The number of aromatic nitrogens is 2. The third-order valence-electron chi connectivity index (χ3n) is 3.02. The van der Waals surface area contributed by atoms with Gasteiger partial charge in [0.1, 0.15) is 5.69 Å². The summed E-state index contributed by atoms with van der Waals surface area (Å²) in [6.45, 7) is 2.00. The summed E-state index contributed by atoms with van der Waals surface area (Å²) < 4.78 is 1.43. The summed E-state index contributed by atoms with van der Waals surface area (Å²) in [6.07, 6.45) is 0. The van der Waals surface area contributed by atoms with E-state index in [-0.39, 0.29) is 18.0 Å². The van der Waals surface area contributed by atoms with Crippen LogP contribution in [0.4, 0.5) is 0 Å². The first-order chi connectivity index (χ1) is 9.90. The van der Waals surface area contributed by atoms with E-state index in [0.717, 1.165) is 5.56 Å². The average Bonchev–Trinajstić information content (AvgIpc) is 2.70. The fourth-order valence-corrected chi connectivity index (χ4v) is 2.16. The van der Waals surface area contributed by atoms with Crippen molar-refractivity contribution in [1.29, 1.82) is 0 Å². The molecule has 110 valence electrons. The van der Waals surface area contributed by atoms with Crippen molar-refractivity contribution in [2.45, 2.75) is 13.5 Å². The van der Waals surface area contributed by atoms with Gasteiger partial charge < -0.3 is 10.4 Å². The smallest absolute Gasteiger partial charge is 0.335 e. The average molecular weight is 308 g/mol. The molecule has 1 amide bonds. The number of aryl methyl sites for hydroxylation is 2. The highest BCUT2D eigenvalue weighted by Gasteiger charge is 2.18. The van der Waals surface area contributed by atoms with Gasteiger partial charge in [-0.2, -0.15) is 5.10 Å². The number of carbonyl (C=O) groups is 2. The second-order valence-electron chi connectivity index (χ2n) is 4.56. The van der Waals surface area contributed by atoms with Gasteiger partial charge in [0.15, 0.2) is 0 Å². The maximum Gasteiger partial charge on any atom is 0.335 e. The van der Waals surface area contributed by atoms with Crippen LogP contribution >= 0.6 is 11.6 Å². The van der Waals surface area contributed by atoms with Gasteiger partial charge in [-0.15, -0.1) is 0 Å². The fraction of sp³-hybridized carbons (Fsp3) is 0.214. The first-order valence-corrected chi connectivity index (χ1v) is 6.57. The summed E-state index contributed by atoms with van der Waals surface area (Å²) >= 11 is 6.04. The molecular weight excluding hydrogens is 294 g/mol. The van der Waals surface area contributed by atoms with Crippen LogP contribution in [0.15, 0.2) is 24.3 Å². The molecule has 0 saturated carbocycles. The summed E-state index contributed by atoms with van der Waals surface area (Å²) in [5.41, 5.74) is 1.89. The molecule has 0 aliphatic carbocycles. The number of amides is 1. The summed E-state index contributed by atoms with van der Waals surface area (Å²) in [5, 5.41) is 15.9. The molecule has 6 nitrogen and oxygen atoms in total. The summed E-state index contributed by atoms with van der Waals surface area (Å²) in [4.78, 5) is 22.8. The molecule has 0 spiro atoms. The molecule has 2 rings (SSSR count). The summed E-state index contributed by atoms with van der Waals surface area (Å²) in [5.74, 6) is -1.31. The van der Waals surface area contributed by atoms with E-state index < -0.39 is 5.97 Å². The van der Waals surface area contributed by atoms with Gasteiger partial charge in [0.05, 0.1) is 16.3 Å². The van der Waals surface area contributed by atoms with E-state index in [1.807, 2.05) is 0 Å². The molecule has 1 aromatic carbocycles. The largest absolute Gasteiger partial charge is 0.478 e. The lowest BCUT2D eigenvalue weighted by atomic mass is 10.1. The molecule has 0 atom stereocenters. The number of rotatable bonds is 4. The Hall–Kier alpha value is -2.34. The van der Waals surface area contributed by atoms with Crippen molar-refractivity contribution < 1.29 is 14.7 Å². The minimum Gasteiger partial charge on any atom is -0.478 e. The molecule has 1 aromatic heterocycles. The monoisotopic (exact) mass is 307 g/mol. The van der Waals surface area contributed by atoms with Crippen molar-refractivity contribution in [1.82, 2.24) is 15.1 Å². The van der Waals surface area contributed by atoms with Crippen LogP contribution in [-0.4, -0.2) is 26.8 Å². The topological polar surface area (TPSA) is 84.2 Å². The lowest BCUT2D eigenvalue weighted by Gasteiger charge is -2.06. The van der Waals surface area contributed by atoms with Gasteiger partial charge in [0, 0.05) is 13.6 Å². The predicted molar refractivity (Wildman–Crippen MR) is 77.5 cm³/mol. The van der Waals surface area contributed by atoms with Crippen LogP contribution in [0.5, 0.6) is 0 Å². The zero-order valence-corrected chi connectivity index (χ0v) is 12.3. The molecule has 0 bridgehead atoms. The van der Waals surface area contributed by atoms with E-state index in [4.69, 9.17) is 16.7 Å². The van der Waals surface area contributed by atoms with E-state index in [0.29, 0.717) is 16.4 Å². The normalized spacial score (nSPS) is 10.4. The molecule has 0 unspecified atom stereocenters. The number of aromatic carboxylic acids is 1. The molecule has 0 aliphatic rings. The maximum absolute atomic E-state index is 12.1. The Morgan fingerprint density at radius 2 is 1.95 bits per heavy atom. The molecule has 0 radical (unpaired) electrons. The van der Waals surface area contributed by atoms with Crippen molar-refractivity contribution in [2.75, 3.05) is 0 Å². The van der Waals surface area contributed by atoms with Crippen LogP contribution in [0.1, 0.15) is 32.1 Å². The Morgan fingerprint density at radius 1 is 1.33 bits per heavy atom. The summed E-state index contributed by atoms with van der Waals surface area (Å²) in [7, 11) is 1.65. The third kappa shape index (κ3) is 3.22. The lowest BCUT2D eigenvalue weighted by Crippen LogP contribution is -2.25. The van der Waals surface area contributed by atoms with Crippen LogP contribution < -0.4 is 5.32 Å². The molecule has 0 aliphatic heterocycles. The van der Waals surface area contributed by atoms with Gasteiger partial charge in [-0.05, 0) is 24.6 Å². The van der Waals surface area contributed by atoms with Gasteiger partial charge in [-0.3, -0.25) is 9.48 Å². The molecule has 21 heavy (non-hydrogen) atoms. The number of halogens is 1. The Bertz CT molecular complexity index is 692. The SMILES string of the molecule is Cc1nn(C)c(C(=O)NCc2ccc(C(=O)O)cc2)c1Cl. The van der Waals surface area contributed by atoms with Gasteiger partial charge >= 0.3 is 5.97 Å². The lowest BCUT2D eigenvalue weighted by molar-refractivity contribution is 0.0696. The number of hydrogen-bond acceptors (Lipinski definition) is 3. The van der Waals surface area contributed by atoms with E-state index in [1.54, 1.807) is 26.1 Å². The maximum atomic E-state index is 12.1. The van der Waals surface area contributed by atoms with Gasteiger partial charge in [0.25, 0.3) is 5.91 Å². The molecule has 2 aromatic rings. The predicted octanol–water partition coefficient (Wildman–Crippen LogP) is 2.01. The number of carbonyl (C=O) groups excluding carboxylic acids is 1. The van der Waals surface area contributed by atoms with Crippen molar-refractivity contribution in [3.63, 3.8) is 0 Å². The number of benzene rings is 1. The number of hydrogen-bond donors (Lipinski definition) is 2. The standard InChI is InChI=1S/C14H14ClN3O3/c1-8-11(15)12(18(2)17-8)13(19)16-7-9-3-5-10(6-4-9)14(20)21/h3-6H,7H2,1-2H3,(H,16,19)(H,20,21).